The summed E-state index contributed by atoms with van der Waals surface area (Å²) in [6.07, 6.45) is 0. The van der Waals surface area contributed by atoms with Crippen LogP contribution in [0.2, 0.25) is 0 Å². The highest BCUT2D eigenvalue weighted by Gasteiger charge is 2.25. The highest BCUT2D eigenvalue weighted by Crippen LogP contribution is 2.47. The molecule has 0 atom stereocenters. The van der Waals surface area contributed by atoms with Crippen LogP contribution in [-0.2, 0) is 0 Å². The quantitative estimate of drug-likeness (QED) is 0.142. The van der Waals surface area contributed by atoms with E-state index < -0.39 is 0 Å². The van der Waals surface area contributed by atoms with Crippen LogP contribution in [0.15, 0.2) is 315 Å². The Kier molecular flexibility index (Phi) is 11.0. The van der Waals surface area contributed by atoms with Gasteiger partial charge < -0.3 is 13.7 Å². The molecule has 0 radical (unpaired) electrons. The molecular formula is C84H52N6. The largest absolute Gasteiger partial charge is 0.309 e. The number of nitrogens with zero attached hydrogens (tertiary/aromatic N) is 6. The Bertz CT molecular complexity index is 6140. The molecule has 0 aliphatic heterocycles. The topological polar surface area (TPSA) is 45.5 Å². The van der Waals surface area contributed by atoms with Crippen LogP contribution in [0.5, 0.6) is 0 Å². The van der Waals surface area contributed by atoms with Crippen LogP contribution < -0.4 is 0 Å². The SMILES string of the molecule is c1ccc(-n2c3ccccc3c3c(-c4cccc5c4c4ccccc4n5-c4cccc(-c5ccc(-c6nc(-n7c8ccccc8c8c(-c9cccc%10c9c9ccccc9n%10-c9ccccc9)cccc87)c7ccc8ccccc8c7n6)cc5)c4)cccc32)cc1. The zero-order chi connectivity index (χ0) is 59.0. The van der Waals surface area contributed by atoms with Crippen LogP contribution in [0.25, 0.3) is 177 Å². The molecule has 0 saturated heterocycles. The second-order valence-corrected chi connectivity index (χ2v) is 23.6. The molecule has 0 N–H and O–H groups in total. The molecule has 90 heavy (non-hydrogen) atoms. The summed E-state index contributed by atoms with van der Waals surface area (Å²) in [7, 11) is 0. The second-order valence-electron chi connectivity index (χ2n) is 23.6. The molecule has 19 rings (SSSR count). The van der Waals surface area contributed by atoms with Crippen molar-refractivity contribution in [2.45, 2.75) is 0 Å². The van der Waals surface area contributed by atoms with Gasteiger partial charge in [0, 0.05) is 76.5 Å². The van der Waals surface area contributed by atoms with Crippen molar-refractivity contribution in [1.82, 2.24) is 28.2 Å². The van der Waals surface area contributed by atoms with E-state index in [-0.39, 0.29) is 0 Å². The molecule has 5 aromatic heterocycles. The molecule has 6 nitrogen and oxygen atoms in total. The van der Waals surface area contributed by atoms with Gasteiger partial charge in [0.1, 0.15) is 5.82 Å². The van der Waals surface area contributed by atoms with Gasteiger partial charge in [-0.3, -0.25) is 4.57 Å². The van der Waals surface area contributed by atoms with E-state index in [1.807, 2.05) is 0 Å². The normalized spacial score (nSPS) is 12.0. The van der Waals surface area contributed by atoms with E-state index in [4.69, 9.17) is 9.97 Å². The monoisotopic (exact) mass is 1140 g/mol. The number of benzene rings is 14. The molecule has 6 heteroatoms. The number of para-hydroxylation sites is 6. The molecule has 14 aromatic carbocycles. The molecule has 0 saturated carbocycles. The van der Waals surface area contributed by atoms with Crippen molar-refractivity contribution in [2.75, 3.05) is 0 Å². The van der Waals surface area contributed by atoms with Crippen LogP contribution in [-0.4, -0.2) is 28.2 Å². The van der Waals surface area contributed by atoms with Gasteiger partial charge >= 0.3 is 0 Å². The Morgan fingerprint density at radius 1 is 0.211 bits per heavy atom. The molecule has 0 aliphatic rings. The summed E-state index contributed by atoms with van der Waals surface area (Å²) in [5.74, 6) is 1.50. The van der Waals surface area contributed by atoms with Gasteiger partial charge in [0.2, 0.25) is 0 Å². The van der Waals surface area contributed by atoms with Gasteiger partial charge in [-0.1, -0.05) is 224 Å². The van der Waals surface area contributed by atoms with Crippen molar-refractivity contribution in [1.29, 1.82) is 0 Å². The maximum absolute atomic E-state index is 5.68. The lowest BCUT2D eigenvalue weighted by atomic mass is 9.95. The predicted octanol–water partition coefficient (Wildman–Crippen LogP) is 21.8. The molecule has 5 heterocycles. The molecule has 0 spiro atoms. The number of aromatic nitrogens is 6. The third kappa shape index (κ3) is 7.39. The van der Waals surface area contributed by atoms with E-state index in [2.05, 4.69) is 334 Å². The van der Waals surface area contributed by atoms with Crippen LogP contribution >= 0.6 is 0 Å². The molecule has 0 bridgehead atoms. The summed E-state index contributed by atoms with van der Waals surface area (Å²) in [5.41, 5.74) is 21.5. The van der Waals surface area contributed by atoms with Gasteiger partial charge in [0.05, 0.1) is 49.7 Å². The minimum atomic E-state index is 0.663. The van der Waals surface area contributed by atoms with Crippen molar-refractivity contribution < 1.29 is 0 Å². The number of rotatable bonds is 8. The lowest BCUT2D eigenvalue weighted by Gasteiger charge is -2.15. The Labute approximate surface area is 517 Å². The van der Waals surface area contributed by atoms with E-state index in [0.717, 1.165) is 88.7 Å². The van der Waals surface area contributed by atoms with E-state index in [1.165, 1.54) is 82.0 Å². The highest BCUT2D eigenvalue weighted by atomic mass is 15.1. The van der Waals surface area contributed by atoms with Crippen molar-refractivity contribution in [3.05, 3.63) is 315 Å². The van der Waals surface area contributed by atoms with Gasteiger partial charge in [-0.2, -0.15) is 0 Å². The van der Waals surface area contributed by atoms with Gasteiger partial charge in [-0.25, -0.2) is 9.97 Å². The van der Waals surface area contributed by atoms with Crippen molar-refractivity contribution in [3.63, 3.8) is 0 Å². The Hall–Kier alpha value is -12.1. The van der Waals surface area contributed by atoms with Crippen molar-refractivity contribution in [2.24, 2.45) is 0 Å². The van der Waals surface area contributed by atoms with Crippen LogP contribution in [0.1, 0.15) is 0 Å². The number of hydrogen-bond donors (Lipinski definition) is 0. The number of hydrogen-bond acceptors (Lipinski definition) is 2. The molecule has 0 aliphatic carbocycles. The average Bonchev–Trinajstić information content (AvgIpc) is 1.66. The summed E-state index contributed by atoms with van der Waals surface area (Å²) >= 11 is 0. The van der Waals surface area contributed by atoms with Crippen molar-refractivity contribution >= 4 is 109 Å². The zero-order valence-electron chi connectivity index (χ0n) is 48.7. The maximum atomic E-state index is 5.68. The zero-order valence-corrected chi connectivity index (χ0v) is 48.7. The van der Waals surface area contributed by atoms with E-state index >= 15 is 0 Å². The predicted molar refractivity (Wildman–Crippen MR) is 376 cm³/mol. The number of fused-ring (bicyclic) bond motifs is 15. The molecule has 0 fully saturated rings. The van der Waals surface area contributed by atoms with Crippen LogP contribution in [0.4, 0.5) is 0 Å². The first-order valence-corrected chi connectivity index (χ1v) is 30.8. The maximum Gasteiger partial charge on any atom is 0.162 e. The fraction of sp³-hybridized carbons (Fsp3) is 0. The lowest BCUT2D eigenvalue weighted by Crippen LogP contribution is -2.03. The first kappa shape index (κ1) is 50.1. The highest BCUT2D eigenvalue weighted by molar-refractivity contribution is 6.24. The standard InChI is InChI=1S/C84H52N6/c1-3-24-57(25-4-1)87-70-38-13-9-30-65(70)78-61(34-18-42-74(78)87)62-36-20-44-76-80(62)67-32-11-15-40-72(67)89(76)59-28-17-23-56(52-59)53-46-48-55(49-47-53)83-85-82-60-29-8-7-22-54(60)50-51-69(82)84(86-83)90-73-41-16-12-33-68(73)81-64(37-21-45-77(81)90)63-35-19-43-75-79(63)66-31-10-14-39-71(66)88(75)58-26-5-2-6-27-58/h1-52H. The third-order valence-electron chi connectivity index (χ3n) is 18.8. The Morgan fingerprint density at radius 2 is 0.578 bits per heavy atom. The summed E-state index contributed by atoms with van der Waals surface area (Å²) in [6.45, 7) is 0. The average molecular weight is 1150 g/mol. The fourth-order valence-corrected chi connectivity index (χ4v) is 15.0. The van der Waals surface area contributed by atoms with Crippen molar-refractivity contribution in [3.8, 4) is 67.6 Å². The van der Waals surface area contributed by atoms with E-state index in [0.29, 0.717) is 5.82 Å². The third-order valence-corrected chi connectivity index (χ3v) is 18.8. The van der Waals surface area contributed by atoms with E-state index in [1.54, 1.807) is 0 Å². The molecular weight excluding hydrogens is 1090 g/mol. The summed E-state index contributed by atoms with van der Waals surface area (Å²) in [5, 5.41) is 12.9. The lowest BCUT2D eigenvalue weighted by molar-refractivity contribution is 1.08. The van der Waals surface area contributed by atoms with Gasteiger partial charge in [-0.05, 0) is 130 Å². The molecule has 0 unspecified atom stereocenters. The van der Waals surface area contributed by atoms with Gasteiger partial charge in [-0.15, -0.1) is 0 Å². The summed E-state index contributed by atoms with van der Waals surface area (Å²) in [4.78, 5) is 11.2. The smallest absolute Gasteiger partial charge is 0.162 e. The minimum Gasteiger partial charge on any atom is -0.309 e. The Morgan fingerprint density at radius 3 is 1.07 bits per heavy atom. The van der Waals surface area contributed by atoms with Gasteiger partial charge in [0.15, 0.2) is 5.82 Å². The van der Waals surface area contributed by atoms with Gasteiger partial charge in [0.25, 0.3) is 0 Å². The summed E-state index contributed by atoms with van der Waals surface area (Å²) < 4.78 is 9.63. The molecule has 19 aromatic rings. The molecule has 418 valence electrons. The minimum absolute atomic E-state index is 0.663. The molecule has 0 amide bonds. The Balaban J connectivity index is 0.748. The fourth-order valence-electron chi connectivity index (χ4n) is 15.0. The summed E-state index contributed by atoms with van der Waals surface area (Å²) in [6, 6.07) is 115. The van der Waals surface area contributed by atoms with E-state index in [9.17, 15) is 0 Å². The van der Waals surface area contributed by atoms with Crippen LogP contribution in [0.3, 0.4) is 0 Å². The second kappa shape index (κ2) is 19.7. The van der Waals surface area contributed by atoms with Crippen LogP contribution in [0, 0.1) is 0 Å². The first-order chi connectivity index (χ1) is 44.7. The first-order valence-electron chi connectivity index (χ1n) is 30.8.